The number of aromatic nitrogens is 3. The van der Waals surface area contributed by atoms with Crippen LogP contribution in [-0.2, 0) is 0 Å². The molecule has 3 rings (SSSR count). The molecule has 0 N–H and O–H groups in total. The quantitative estimate of drug-likeness (QED) is 0.686. The maximum atomic E-state index is 13.7. The largest absolute Gasteiger partial charge is 0.282 e. The van der Waals surface area contributed by atoms with Crippen molar-refractivity contribution in [2.75, 3.05) is 0 Å². The second-order valence-electron chi connectivity index (χ2n) is 3.92. The summed E-state index contributed by atoms with van der Waals surface area (Å²) in [5, 5.41) is 8.34. The number of halogens is 2. The number of fused-ring (bicyclic) bond motifs is 1. The molecule has 0 atom stereocenters. The number of hydrogen-bond acceptors (Lipinski definition) is 3. The lowest BCUT2D eigenvalue weighted by Crippen LogP contribution is -2.23. The molecular weight excluding hydrogens is 269 g/mol. The zero-order valence-electron chi connectivity index (χ0n) is 9.55. The Morgan fingerprint density at radius 2 is 1.95 bits per heavy atom. The molecule has 1 heterocycles. The second kappa shape index (κ2) is 4.44. The van der Waals surface area contributed by atoms with Gasteiger partial charge in [-0.05, 0) is 30.3 Å². The average molecular weight is 276 g/mol. The van der Waals surface area contributed by atoms with Gasteiger partial charge in [0.25, 0.3) is 5.56 Å². The molecule has 0 aliphatic rings. The molecule has 0 spiro atoms. The molecule has 0 saturated carbocycles. The molecule has 0 unspecified atom stereocenters. The Labute approximate surface area is 112 Å². The summed E-state index contributed by atoms with van der Waals surface area (Å²) in [7, 11) is 0. The highest BCUT2D eigenvalue weighted by molar-refractivity contribution is 6.31. The van der Waals surface area contributed by atoms with Crippen LogP contribution in [0.15, 0.2) is 47.3 Å². The van der Waals surface area contributed by atoms with Crippen molar-refractivity contribution in [2.24, 2.45) is 0 Å². The van der Waals surface area contributed by atoms with Crippen LogP contribution in [0.4, 0.5) is 4.39 Å². The van der Waals surface area contributed by atoms with Crippen molar-refractivity contribution in [2.45, 2.75) is 0 Å². The van der Waals surface area contributed by atoms with Gasteiger partial charge in [-0.25, -0.2) is 4.39 Å². The van der Waals surface area contributed by atoms with Crippen molar-refractivity contribution in [3.8, 4) is 5.69 Å². The minimum absolute atomic E-state index is 0.0573. The van der Waals surface area contributed by atoms with Crippen LogP contribution < -0.4 is 5.56 Å². The summed E-state index contributed by atoms with van der Waals surface area (Å²) in [5.41, 5.74) is 0.0152. The van der Waals surface area contributed by atoms with E-state index in [4.69, 9.17) is 11.6 Å². The lowest BCUT2D eigenvalue weighted by Gasteiger charge is -2.05. The van der Waals surface area contributed by atoms with E-state index in [2.05, 4.69) is 10.3 Å². The van der Waals surface area contributed by atoms with Gasteiger partial charge in [-0.1, -0.05) is 28.9 Å². The Morgan fingerprint density at radius 3 is 2.74 bits per heavy atom. The van der Waals surface area contributed by atoms with E-state index in [1.165, 1.54) is 24.3 Å². The third kappa shape index (κ3) is 1.98. The van der Waals surface area contributed by atoms with Crippen molar-refractivity contribution < 1.29 is 4.39 Å². The summed E-state index contributed by atoms with van der Waals surface area (Å²) in [4.78, 5) is 12.3. The summed E-state index contributed by atoms with van der Waals surface area (Å²) >= 11 is 5.85. The van der Waals surface area contributed by atoms with Gasteiger partial charge in [0, 0.05) is 5.02 Å². The van der Waals surface area contributed by atoms with Crippen LogP contribution in [0.3, 0.4) is 0 Å². The molecule has 6 heteroatoms. The van der Waals surface area contributed by atoms with Crippen LogP contribution in [0.25, 0.3) is 16.6 Å². The molecular formula is C13H7ClFN3O. The topological polar surface area (TPSA) is 47.8 Å². The SMILES string of the molecule is O=c1c2cc(Cl)ccc2nnn1-c1ccccc1F. The van der Waals surface area contributed by atoms with E-state index in [0.29, 0.717) is 15.9 Å². The minimum Gasteiger partial charge on any atom is -0.267 e. The van der Waals surface area contributed by atoms with Crippen LogP contribution in [0, 0.1) is 5.82 Å². The normalized spacial score (nSPS) is 10.8. The number of hydrogen-bond donors (Lipinski definition) is 0. The van der Waals surface area contributed by atoms with Gasteiger partial charge in [-0.2, -0.15) is 4.68 Å². The number of nitrogens with zero attached hydrogens (tertiary/aromatic N) is 3. The molecule has 0 bridgehead atoms. The molecule has 3 aromatic rings. The molecule has 0 amide bonds. The lowest BCUT2D eigenvalue weighted by molar-refractivity contribution is 0.598. The minimum atomic E-state index is -0.541. The van der Waals surface area contributed by atoms with E-state index in [1.54, 1.807) is 18.2 Å². The maximum absolute atomic E-state index is 13.7. The molecule has 94 valence electrons. The Balaban J connectivity index is 2.35. The number of para-hydroxylation sites is 1. The fourth-order valence-corrected chi connectivity index (χ4v) is 1.97. The summed E-state index contributed by atoms with van der Waals surface area (Å²) < 4.78 is 14.6. The van der Waals surface area contributed by atoms with E-state index >= 15 is 0 Å². The molecule has 0 radical (unpaired) electrons. The molecule has 1 aromatic heterocycles. The van der Waals surface area contributed by atoms with Crippen LogP contribution in [0.1, 0.15) is 0 Å². The highest BCUT2D eigenvalue weighted by Crippen LogP contribution is 2.15. The van der Waals surface area contributed by atoms with Crippen molar-refractivity contribution in [3.63, 3.8) is 0 Å². The Hall–Kier alpha value is -2.27. The molecule has 19 heavy (non-hydrogen) atoms. The molecule has 2 aromatic carbocycles. The van der Waals surface area contributed by atoms with Crippen molar-refractivity contribution in [1.29, 1.82) is 0 Å². The zero-order valence-corrected chi connectivity index (χ0v) is 10.3. The van der Waals surface area contributed by atoms with Gasteiger partial charge in [-0.3, -0.25) is 4.79 Å². The van der Waals surface area contributed by atoms with Gasteiger partial charge >= 0.3 is 0 Å². The molecule has 0 aliphatic heterocycles. The van der Waals surface area contributed by atoms with Gasteiger partial charge in [0.05, 0.1) is 5.39 Å². The third-order valence-corrected chi connectivity index (χ3v) is 2.94. The summed E-state index contributed by atoms with van der Waals surface area (Å²) in [5.74, 6) is -0.541. The molecule has 0 aliphatic carbocycles. The van der Waals surface area contributed by atoms with Gasteiger partial charge in [0.15, 0.2) is 0 Å². The fourth-order valence-electron chi connectivity index (χ4n) is 1.80. The Morgan fingerprint density at radius 1 is 1.16 bits per heavy atom. The van der Waals surface area contributed by atoms with Crippen molar-refractivity contribution in [1.82, 2.24) is 15.0 Å². The summed E-state index contributed by atoms with van der Waals surface area (Å²) in [6.45, 7) is 0. The van der Waals surface area contributed by atoms with Crippen LogP contribution >= 0.6 is 11.6 Å². The molecule has 0 saturated heterocycles. The van der Waals surface area contributed by atoms with Gasteiger partial charge in [-0.15, -0.1) is 5.10 Å². The van der Waals surface area contributed by atoms with Crippen LogP contribution in [-0.4, -0.2) is 15.0 Å². The maximum Gasteiger partial charge on any atom is 0.282 e. The van der Waals surface area contributed by atoms with E-state index in [9.17, 15) is 9.18 Å². The molecule has 0 fully saturated rings. The van der Waals surface area contributed by atoms with Gasteiger partial charge in [0.1, 0.15) is 17.0 Å². The Bertz CT molecular complexity index is 831. The van der Waals surface area contributed by atoms with E-state index in [-0.39, 0.29) is 5.69 Å². The van der Waals surface area contributed by atoms with Gasteiger partial charge < -0.3 is 0 Å². The first-order valence-electron chi connectivity index (χ1n) is 5.47. The predicted octanol–water partition coefficient (Wildman–Crippen LogP) is 2.57. The number of rotatable bonds is 1. The highest BCUT2D eigenvalue weighted by atomic mass is 35.5. The monoisotopic (exact) mass is 275 g/mol. The standard InChI is InChI=1S/C13H7ClFN3O/c14-8-5-6-11-9(7-8)13(19)18(17-16-11)12-4-2-1-3-10(12)15/h1-7H. The molecule has 4 nitrogen and oxygen atoms in total. The first kappa shape index (κ1) is 11.8. The van der Waals surface area contributed by atoms with Gasteiger partial charge in [0.2, 0.25) is 0 Å². The van der Waals surface area contributed by atoms with Crippen molar-refractivity contribution >= 4 is 22.5 Å². The zero-order chi connectivity index (χ0) is 13.4. The van der Waals surface area contributed by atoms with Crippen LogP contribution in [0.5, 0.6) is 0 Å². The number of benzene rings is 2. The second-order valence-corrected chi connectivity index (χ2v) is 4.36. The highest BCUT2D eigenvalue weighted by Gasteiger charge is 2.10. The van der Waals surface area contributed by atoms with E-state index < -0.39 is 11.4 Å². The average Bonchev–Trinajstić information content (AvgIpc) is 2.41. The Kier molecular flexibility index (Phi) is 2.76. The first-order valence-corrected chi connectivity index (χ1v) is 5.85. The summed E-state index contributed by atoms with van der Waals surface area (Å²) in [6, 6.07) is 10.6. The third-order valence-electron chi connectivity index (χ3n) is 2.70. The van der Waals surface area contributed by atoms with Crippen molar-refractivity contribution in [3.05, 3.63) is 63.7 Å². The fraction of sp³-hybridized carbons (Fsp3) is 0. The smallest absolute Gasteiger partial charge is 0.267 e. The van der Waals surface area contributed by atoms with E-state index in [1.807, 2.05) is 0 Å². The first-order chi connectivity index (χ1) is 9.16. The summed E-state index contributed by atoms with van der Waals surface area (Å²) in [6.07, 6.45) is 0. The van der Waals surface area contributed by atoms with E-state index in [0.717, 1.165) is 4.68 Å². The van der Waals surface area contributed by atoms with Crippen LogP contribution in [0.2, 0.25) is 5.02 Å². The lowest BCUT2D eigenvalue weighted by atomic mass is 10.2. The predicted molar refractivity (Wildman–Crippen MR) is 70.1 cm³/mol.